The Morgan fingerprint density at radius 3 is 2.62 bits per heavy atom. The lowest BCUT2D eigenvalue weighted by atomic mass is 9.92. The molecule has 0 aromatic heterocycles. The number of rotatable bonds is 3. The van der Waals surface area contributed by atoms with Crippen molar-refractivity contribution in [2.75, 3.05) is 26.2 Å². The highest BCUT2D eigenvalue weighted by Gasteiger charge is 2.24. The van der Waals surface area contributed by atoms with Crippen molar-refractivity contribution in [3.8, 4) is 0 Å². The van der Waals surface area contributed by atoms with Crippen LogP contribution in [-0.2, 0) is 11.2 Å². The van der Waals surface area contributed by atoms with Crippen LogP contribution in [0.5, 0.6) is 0 Å². The Bertz CT molecular complexity index is 814. The predicted molar refractivity (Wildman–Crippen MR) is 88.8 cm³/mol. The van der Waals surface area contributed by atoms with E-state index in [1.54, 1.807) is 24.0 Å². The fourth-order valence-corrected chi connectivity index (χ4v) is 3.18. The van der Waals surface area contributed by atoms with Crippen molar-refractivity contribution in [2.45, 2.75) is 13.3 Å². The highest BCUT2D eigenvalue weighted by molar-refractivity contribution is 6.09. The number of hydrogen-bond donors (Lipinski definition) is 2. The lowest BCUT2D eigenvalue weighted by Gasteiger charge is -2.29. The van der Waals surface area contributed by atoms with Crippen LogP contribution in [0.25, 0.3) is 10.8 Å². The summed E-state index contributed by atoms with van der Waals surface area (Å²) in [6, 6.07) is 5.99. The Hall–Kier alpha value is -2.47. The van der Waals surface area contributed by atoms with Gasteiger partial charge in [-0.25, -0.2) is 4.39 Å². The lowest BCUT2D eigenvalue weighted by molar-refractivity contribution is -0.136. The number of hydrogen-bond acceptors (Lipinski definition) is 3. The van der Waals surface area contributed by atoms with Gasteiger partial charge in [-0.15, -0.1) is 0 Å². The maximum atomic E-state index is 13.7. The number of nitrogens with zero attached hydrogens (tertiary/aromatic N) is 1. The molecular formula is C18H19FN2O3. The first-order chi connectivity index (χ1) is 11.5. The third kappa shape index (κ3) is 3.10. The second-order valence-electron chi connectivity index (χ2n) is 6.01. The Labute approximate surface area is 139 Å². The molecule has 0 spiro atoms. The molecule has 1 amide bonds. The number of aliphatic carboxylic acids is 1. The highest BCUT2D eigenvalue weighted by Crippen LogP contribution is 2.28. The molecule has 2 aromatic carbocycles. The number of fused-ring (bicyclic) bond motifs is 1. The van der Waals surface area contributed by atoms with Crippen molar-refractivity contribution < 1.29 is 19.1 Å². The molecule has 2 aromatic rings. The number of benzene rings is 2. The molecule has 0 saturated carbocycles. The number of halogens is 1. The molecule has 126 valence electrons. The molecular weight excluding hydrogens is 311 g/mol. The monoisotopic (exact) mass is 330 g/mol. The van der Waals surface area contributed by atoms with Crippen LogP contribution in [0.4, 0.5) is 4.39 Å². The van der Waals surface area contributed by atoms with Crippen molar-refractivity contribution in [2.24, 2.45) is 0 Å². The molecule has 1 heterocycles. The predicted octanol–water partition coefficient (Wildman–Crippen LogP) is 1.96. The van der Waals surface area contributed by atoms with Crippen LogP contribution < -0.4 is 5.32 Å². The number of carbonyl (C=O) groups is 2. The van der Waals surface area contributed by atoms with Gasteiger partial charge in [0.2, 0.25) is 0 Å². The minimum atomic E-state index is -0.958. The average Bonchev–Trinajstić information content (AvgIpc) is 2.56. The van der Waals surface area contributed by atoms with Gasteiger partial charge in [-0.05, 0) is 41.0 Å². The minimum absolute atomic E-state index is 0.166. The normalized spacial score (nSPS) is 14.8. The number of amides is 1. The quantitative estimate of drug-likeness (QED) is 0.903. The van der Waals surface area contributed by atoms with Gasteiger partial charge in [0.25, 0.3) is 5.91 Å². The van der Waals surface area contributed by atoms with Gasteiger partial charge in [-0.1, -0.05) is 12.1 Å². The summed E-state index contributed by atoms with van der Waals surface area (Å²) in [6.07, 6.45) is -0.166. The Morgan fingerprint density at radius 1 is 1.25 bits per heavy atom. The molecule has 1 aliphatic rings. The minimum Gasteiger partial charge on any atom is -0.481 e. The zero-order valence-corrected chi connectivity index (χ0v) is 13.4. The van der Waals surface area contributed by atoms with Crippen LogP contribution in [0.3, 0.4) is 0 Å². The Morgan fingerprint density at radius 2 is 1.96 bits per heavy atom. The largest absolute Gasteiger partial charge is 0.481 e. The smallest absolute Gasteiger partial charge is 0.307 e. The van der Waals surface area contributed by atoms with E-state index in [4.69, 9.17) is 5.11 Å². The summed E-state index contributed by atoms with van der Waals surface area (Å²) in [5, 5.41) is 13.5. The van der Waals surface area contributed by atoms with Crippen LogP contribution in [0.15, 0.2) is 24.3 Å². The van der Waals surface area contributed by atoms with Gasteiger partial charge in [0.15, 0.2) is 0 Å². The summed E-state index contributed by atoms with van der Waals surface area (Å²) in [4.78, 5) is 25.9. The summed E-state index contributed by atoms with van der Waals surface area (Å²) >= 11 is 0. The van der Waals surface area contributed by atoms with E-state index in [-0.39, 0.29) is 12.3 Å². The zero-order valence-electron chi connectivity index (χ0n) is 13.4. The number of nitrogens with one attached hydrogen (secondary N) is 1. The first-order valence-electron chi connectivity index (χ1n) is 7.91. The summed E-state index contributed by atoms with van der Waals surface area (Å²) in [6.45, 7) is 4.33. The fraction of sp³-hybridized carbons (Fsp3) is 0.333. The molecule has 5 nitrogen and oxygen atoms in total. The van der Waals surface area contributed by atoms with Crippen LogP contribution >= 0.6 is 0 Å². The van der Waals surface area contributed by atoms with E-state index < -0.39 is 11.8 Å². The molecule has 2 N–H and O–H groups in total. The molecule has 1 fully saturated rings. The molecule has 1 aliphatic heterocycles. The van der Waals surface area contributed by atoms with Gasteiger partial charge in [0.1, 0.15) is 5.82 Å². The van der Waals surface area contributed by atoms with E-state index in [0.29, 0.717) is 53.6 Å². The SMILES string of the molecule is Cc1c(CC(=O)O)cc2ccc(F)cc2c1C(=O)N1CCNCC1. The molecule has 3 rings (SSSR count). The third-order valence-corrected chi connectivity index (χ3v) is 4.43. The van der Waals surface area contributed by atoms with Gasteiger partial charge in [0, 0.05) is 26.2 Å². The van der Waals surface area contributed by atoms with Crippen molar-refractivity contribution in [3.63, 3.8) is 0 Å². The molecule has 0 atom stereocenters. The summed E-state index contributed by atoms with van der Waals surface area (Å²) < 4.78 is 13.7. The van der Waals surface area contributed by atoms with E-state index in [2.05, 4.69) is 5.32 Å². The summed E-state index contributed by atoms with van der Waals surface area (Å²) in [7, 11) is 0. The zero-order chi connectivity index (χ0) is 17.3. The Balaban J connectivity index is 2.18. The van der Waals surface area contributed by atoms with Crippen molar-refractivity contribution in [3.05, 3.63) is 46.8 Å². The van der Waals surface area contributed by atoms with E-state index in [1.165, 1.54) is 12.1 Å². The lowest BCUT2D eigenvalue weighted by Crippen LogP contribution is -2.46. The van der Waals surface area contributed by atoms with Crippen LogP contribution in [0.1, 0.15) is 21.5 Å². The van der Waals surface area contributed by atoms with Gasteiger partial charge >= 0.3 is 5.97 Å². The van der Waals surface area contributed by atoms with Crippen molar-refractivity contribution in [1.29, 1.82) is 0 Å². The standard InChI is InChI=1S/C18H19FN2O3/c1-11-13(9-16(22)23)8-12-2-3-14(19)10-15(12)17(11)18(24)21-6-4-20-5-7-21/h2-3,8,10,20H,4-7,9H2,1H3,(H,22,23). The van der Waals surface area contributed by atoms with E-state index >= 15 is 0 Å². The van der Waals surface area contributed by atoms with Gasteiger partial charge in [0.05, 0.1) is 12.0 Å². The van der Waals surface area contributed by atoms with Crippen molar-refractivity contribution in [1.82, 2.24) is 10.2 Å². The van der Waals surface area contributed by atoms with Crippen LogP contribution in [-0.4, -0.2) is 48.1 Å². The first kappa shape index (κ1) is 16.4. The van der Waals surface area contributed by atoms with E-state index in [0.717, 1.165) is 0 Å². The van der Waals surface area contributed by atoms with E-state index in [9.17, 15) is 14.0 Å². The molecule has 24 heavy (non-hydrogen) atoms. The number of carbonyl (C=O) groups excluding carboxylic acids is 1. The molecule has 0 bridgehead atoms. The molecule has 6 heteroatoms. The highest BCUT2D eigenvalue weighted by atomic mass is 19.1. The second kappa shape index (κ2) is 6.57. The van der Waals surface area contributed by atoms with Gasteiger partial charge in [-0.3, -0.25) is 9.59 Å². The van der Waals surface area contributed by atoms with E-state index in [1.807, 2.05) is 0 Å². The van der Waals surface area contributed by atoms with Crippen LogP contribution in [0, 0.1) is 12.7 Å². The second-order valence-corrected chi connectivity index (χ2v) is 6.01. The maximum Gasteiger partial charge on any atom is 0.307 e. The van der Waals surface area contributed by atoms with Gasteiger partial charge in [-0.2, -0.15) is 0 Å². The Kier molecular flexibility index (Phi) is 4.49. The van der Waals surface area contributed by atoms with Gasteiger partial charge < -0.3 is 15.3 Å². The van der Waals surface area contributed by atoms with Crippen molar-refractivity contribution >= 4 is 22.6 Å². The third-order valence-electron chi connectivity index (χ3n) is 4.43. The molecule has 0 unspecified atom stereocenters. The first-order valence-corrected chi connectivity index (χ1v) is 7.91. The summed E-state index contributed by atoms with van der Waals surface area (Å²) in [5.41, 5.74) is 1.60. The maximum absolute atomic E-state index is 13.7. The number of carboxylic acids is 1. The fourth-order valence-electron chi connectivity index (χ4n) is 3.18. The molecule has 0 aliphatic carbocycles. The summed E-state index contributed by atoms with van der Waals surface area (Å²) in [5.74, 6) is -1.54. The van der Waals surface area contributed by atoms with Crippen LogP contribution in [0.2, 0.25) is 0 Å². The molecule has 0 radical (unpaired) electrons. The topological polar surface area (TPSA) is 69.6 Å². The average molecular weight is 330 g/mol. The number of piperazine rings is 1. The number of carboxylic acid groups (broad SMARTS) is 1. The molecule has 1 saturated heterocycles.